The number of Topliss-reactive ketones (excluding diaryl/α,β-unsaturated/α-hetero) is 1. The predicted octanol–water partition coefficient (Wildman–Crippen LogP) is 5.59. The monoisotopic (exact) mass is 652 g/mol. The molecule has 2 N–H and O–H groups in total. The van der Waals surface area contributed by atoms with Crippen molar-refractivity contribution in [2.75, 3.05) is 32.7 Å². The maximum Gasteiger partial charge on any atom is 0.178 e. The molecule has 2 heterocycles. The lowest BCUT2D eigenvalue weighted by Gasteiger charge is -2.60. The van der Waals surface area contributed by atoms with E-state index in [-0.39, 0.29) is 41.3 Å². The molecule has 4 aliphatic carbocycles. The van der Waals surface area contributed by atoms with E-state index < -0.39 is 17.1 Å². The number of halogens is 1. The third kappa shape index (κ3) is 5.05. The number of fused-ring (bicyclic) bond motifs is 6. The van der Waals surface area contributed by atoms with Crippen LogP contribution in [0.15, 0.2) is 60.3 Å². The second-order valence-corrected chi connectivity index (χ2v) is 16.1. The zero-order valence-corrected chi connectivity index (χ0v) is 28.5. The summed E-state index contributed by atoms with van der Waals surface area (Å²) in [7, 11) is 0. The van der Waals surface area contributed by atoms with E-state index in [2.05, 4.69) is 60.9 Å². The smallest absolute Gasteiger partial charge is 0.178 e. The summed E-state index contributed by atoms with van der Waals surface area (Å²) in [5.41, 5.74) is 4.64. The number of hydrogen-bond acceptors (Lipinski definition) is 6. The molecule has 1 aliphatic heterocycles. The minimum absolute atomic E-state index is 0.0527. The maximum absolute atomic E-state index is 14.1. The molecule has 48 heavy (non-hydrogen) atoms. The molecule has 2 aromatic carbocycles. The fraction of sp³-hybridized carbons (Fsp3) is 0.550. The quantitative estimate of drug-likeness (QED) is 0.362. The average molecular weight is 653 g/mol. The molecule has 4 unspecified atom stereocenters. The fourth-order valence-electron chi connectivity index (χ4n) is 10.8. The van der Waals surface area contributed by atoms with E-state index in [0.29, 0.717) is 12.8 Å². The molecule has 7 nitrogen and oxygen atoms in total. The van der Waals surface area contributed by atoms with E-state index in [1.54, 1.807) is 12.1 Å². The Morgan fingerprint density at radius 1 is 1.00 bits per heavy atom. The highest BCUT2D eigenvalue weighted by molar-refractivity contribution is 5.90. The first-order valence-corrected chi connectivity index (χ1v) is 18.0. The van der Waals surface area contributed by atoms with Gasteiger partial charge in [0, 0.05) is 38.1 Å². The van der Waals surface area contributed by atoms with Crippen molar-refractivity contribution in [3.05, 3.63) is 88.5 Å². The summed E-state index contributed by atoms with van der Waals surface area (Å²) in [5, 5.41) is 29.1. The Kier molecular flexibility index (Phi) is 7.83. The number of aromatic nitrogens is 2. The molecule has 0 radical (unpaired) electrons. The lowest BCUT2D eigenvalue weighted by atomic mass is 9.45. The van der Waals surface area contributed by atoms with Crippen LogP contribution in [-0.4, -0.2) is 80.0 Å². The van der Waals surface area contributed by atoms with Crippen molar-refractivity contribution in [2.24, 2.45) is 28.6 Å². The van der Waals surface area contributed by atoms with Crippen molar-refractivity contribution in [3.8, 4) is 5.69 Å². The van der Waals surface area contributed by atoms with Crippen LogP contribution < -0.4 is 0 Å². The number of nitrogens with zero attached hydrogens (tertiary/aromatic N) is 4. The Morgan fingerprint density at radius 3 is 2.44 bits per heavy atom. The number of aliphatic hydroxyl groups excluding tert-OH is 1. The third-order valence-corrected chi connectivity index (χ3v) is 13.5. The van der Waals surface area contributed by atoms with Gasteiger partial charge in [-0.05, 0) is 110 Å². The molecule has 5 aliphatic rings. The summed E-state index contributed by atoms with van der Waals surface area (Å²) in [5.74, 6) is 0.144. The van der Waals surface area contributed by atoms with Crippen LogP contribution in [0.25, 0.3) is 11.8 Å². The Labute approximate surface area is 283 Å². The van der Waals surface area contributed by atoms with Crippen molar-refractivity contribution in [3.63, 3.8) is 0 Å². The Balaban J connectivity index is 0.966. The molecule has 8 heteroatoms. The van der Waals surface area contributed by atoms with Gasteiger partial charge in [-0.1, -0.05) is 49.2 Å². The van der Waals surface area contributed by atoms with Gasteiger partial charge < -0.3 is 10.2 Å². The first-order chi connectivity index (χ1) is 23.0. The van der Waals surface area contributed by atoms with Gasteiger partial charge in [-0.2, -0.15) is 5.10 Å². The number of rotatable bonds is 6. The average Bonchev–Trinajstić information content (AvgIpc) is 3.59. The van der Waals surface area contributed by atoms with Crippen LogP contribution in [0.4, 0.5) is 4.39 Å². The van der Waals surface area contributed by atoms with Gasteiger partial charge in [-0.25, -0.2) is 9.07 Å². The van der Waals surface area contributed by atoms with Crippen LogP contribution in [0.2, 0.25) is 0 Å². The van der Waals surface area contributed by atoms with Gasteiger partial charge in [0.25, 0.3) is 0 Å². The van der Waals surface area contributed by atoms with Gasteiger partial charge in [-0.3, -0.25) is 14.6 Å². The molecule has 254 valence electrons. The standard InChI is InChI=1S/C40H49FN4O3/c1-26-4-6-27(7-5-26)24-43-16-18-44(19-17-43)25-36(47)40(48)15-14-33-32-13-8-29-20-34-28(23-42-45(34)31-11-9-30(41)10-12-31)21-38(29,2)37(32)35(46)22-39(33,40)3/h4-7,9-12,20,23,32-33,35,37,46,48H,8,13-19,21-22,24-25H2,1-3H3/t32?,33?,35?,37?,38-,39-,40-/m0/s1. The number of aryl methyl sites for hydroxylation is 1. The topological polar surface area (TPSA) is 81.8 Å². The van der Waals surface area contributed by atoms with Crippen molar-refractivity contribution in [2.45, 2.75) is 77.5 Å². The zero-order valence-electron chi connectivity index (χ0n) is 28.5. The highest BCUT2D eigenvalue weighted by Crippen LogP contribution is 2.67. The Bertz CT molecular complexity index is 1730. The van der Waals surface area contributed by atoms with E-state index in [0.717, 1.165) is 75.4 Å². The van der Waals surface area contributed by atoms with E-state index in [9.17, 15) is 19.4 Å². The minimum Gasteiger partial charge on any atom is -0.393 e. The molecule has 3 saturated carbocycles. The molecule has 7 atom stereocenters. The van der Waals surface area contributed by atoms with Gasteiger partial charge in [0.05, 0.1) is 30.2 Å². The van der Waals surface area contributed by atoms with Crippen molar-refractivity contribution in [1.82, 2.24) is 19.6 Å². The van der Waals surface area contributed by atoms with Gasteiger partial charge in [-0.15, -0.1) is 0 Å². The number of ketones is 1. The van der Waals surface area contributed by atoms with E-state index >= 15 is 0 Å². The van der Waals surface area contributed by atoms with Crippen LogP contribution in [0.3, 0.4) is 0 Å². The molecular formula is C40H49FN4O3. The summed E-state index contributed by atoms with van der Waals surface area (Å²) in [6, 6.07) is 15.1. The van der Waals surface area contributed by atoms with Crippen LogP contribution in [-0.2, 0) is 17.8 Å². The second kappa shape index (κ2) is 11.7. The van der Waals surface area contributed by atoms with Crippen molar-refractivity contribution in [1.29, 1.82) is 0 Å². The van der Waals surface area contributed by atoms with Gasteiger partial charge >= 0.3 is 0 Å². The molecule has 0 amide bonds. The predicted molar refractivity (Wildman–Crippen MR) is 184 cm³/mol. The summed E-state index contributed by atoms with van der Waals surface area (Å²) in [6.45, 7) is 11.1. The van der Waals surface area contributed by atoms with E-state index in [1.807, 2.05) is 10.9 Å². The van der Waals surface area contributed by atoms with Crippen LogP contribution in [0.5, 0.6) is 0 Å². The summed E-state index contributed by atoms with van der Waals surface area (Å²) >= 11 is 0. The number of carbonyl (C=O) groups is 1. The van der Waals surface area contributed by atoms with Crippen molar-refractivity contribution < 1.29 is 19.4 Å². The molecular weight excluding hydrogens is 603 g/mol. The molecule has 1 aromatic heterocycles. The Hall–Kier alpha value is -3.17. The normalized spacial score (nSPS) is 34.9. The molecule has 4 fully saturated rings. The number of hydrogen-bond donors (Lipinski definition) is 2. The van der Waals surface area contributed by atoms with Gasteiger partial charge in [0.1, 0.15) is 11.4 Å². The third-order valence-electron chi connectivity index (χ3n) is 13.5. The minimum atomic E-state index is -1.42. The van der Waals surface area contributed by atoms with E-state index in [4.69, 9.17) is 5.10 Å². The van der Waals surface area contributed by atoms with E-state index in [1.165, 1.54) is 28.8 Å². The largest absolute Gasteiger partial charge is 0.393 e. The van der Waals surface area contributed by atoms with Gasteiger partial charge in [0.2, 0.25) is 0 Å². The molecule has 8 rings (SSSR count). The highest BCUT2D eigenvalue weighted by Gasteiger charge is 2.68. The summed E-state index contributed by atoms with van der Waals surface area (Å²) in [4.78, 5) is 18.8. The van der Waals surface area contributed by atoms with Crippen LogP contribution >= 0.6 is 0 Å². The van der Waals surface area contributed by atoms with Crippen LogP contribution in [0.1, 0.15) is 68.3 Å². The lowest BCUT2D eigenvalue weighted by Crippen LogP contribution is -2.63. The number of carbonyl (C=O) groups excluding carboxylic acids is 1. The SMILES string of the molecule is Cc1ccc(CN2CCN(CC(=O)[C@@]3(O)CCC4C5CCC6=Cc7c(cnn7-c7ccc(F)cc7)C[C@]6(C)C5C(O)C[C@@]43C)CC2)cc1. The second-order valence-electron chi connectivity index (χ2n) is 16.1. The van der Waals surface area contributed by atoms with Gasteiger partial charge in [0.15, 0.2) is 5.78 Å². The Morgan fingerprint density at radius 2 is 1.71 bits per heavy atom. The van der Waals surface area contributed by atoms with Crippen LogP contribution in [0, 0.1) is 41.3 Å². The summed E-state index contributed by atoms with van der Waals surface area (Å²) in [6.07, 6.45) is 7.97. The summed E-state index contributed by atoms with van der Waals surface area (Å²) < 4.78 is 15.5. The molecule has 0 bridgehead atoms. The molecule has 3 aromatic rings. The number of aliphatic hydroxyl groups is 2. The molecule has 1 saturated heterocycles. The maximum atomic E-state index is 14.1. The number of benzene rings is 2. The first-order valence-electron chi connectivity index (χ1n) is 18.0. The highest BCUT2D eigenvalue weighted by atomic mass is 19.1. The zero-order chi connectivity index (χ0) is 33.4. The number of allylic oxidation sites excluding steroid dienone is 1. The fourth-order valence-corrected chi connectivity index (χ4v) is 10.8. The first kappa shape index (κ1) is 32.1. The lowest BCUT2D eigenvalue weighted by molar-refractivity contribution is -0.180. The molecule has 0 spiro atoms. The van der Waals surface area contributed by atoms with Crippen molar-refractivity contribution >= 4 is 11.9 Å². The number of piperazine rings is 1.